The number of hydrogen-bond donors (Lipinski definition) is 1. The highest BCUT2D eigenvalue weighted by Gasteiger charge is 2.19. The third-order valence-corrected chi connectivity index (χ3v) is 7.00. The van der Waals surface area contributed by atoms with E-state index in [2.05, 4.69) is 4.98 Å². The topological polar surface area (TPSA) is 67.8 Å². The molecule has 0 amide bonds. The molecule has 2 aromatic heterocycles. The minimum Gasteiger partial charge on any atom is -0.349 e. The first kappa shape index (κ1) is 21.5. The SMILES string of the molecule is Cc1cccc(-n2c(SCC(=O)c3ccc(Cl)cc3)nc3c([nH]c4ccccc43)c2=O)c1C. The van der Waals surface area contributed by atoms with Crippen LogP contribution in [0, 0.1) is 13.8 Å². The second-order valence-corrected chi connectivity index (χ2v) is 9.25. The number of carbonyl (C=O) groups excluding carboxylic acids is 1. The Kier molecular flexibility index (Phi) is 5.56. The van der Waals surface area contributed by atoms with Crippen molar-refractivity contribution in [2.45, 2.75) is 19.0 Å². The fourth-order valence-electron chi connectivity index (χ4n) is 3.88. The molecule has 5 nitrogen and oxygen atoms in total. The lowest BCUT2D eigenvalue weighted by molar-refractivity contribution is 0.102. The molecule has 0 aliphatic rings. The molecule has 1 N–H and O–H groups in total. The van der Waals surface area contributed by atoms with Crippen molar-refractivity contribution in [2.24, 2.45) is 0 Å². The van der Waals surface area contributed by atoms with E-state index < -0.39 is 0 Å². The molecule has 7 heteroatoms. The normalized spacial score (nSPS) is 11.4. The van der Waals surface area contributed by atoms with Gasteiger partial charge in [0.1, 0.15) is 11.0 Å². The Labute approximate surface area is 199 Å². The van der Waals surface area contributed by atoms with Gasteiger partial charge in [-0.15, -0.1) is 0 Å². The van der Waals surface area contributed by atoms with Crippen LogP contribution in [0.5, 0.6) is 0 Å². The Morgan fingerprint density at radius 1 is 1.03 bits per heavy atom. The van der Waals surface area contributed by atoms with Gasteiger partial charge in [0.2, 0.25) is 0 Å². The predicted octanol–water partition coefficient (Wildman–Crippen LogP) is 6.11. The van der Waals surface area contributed by atoms with Crippen LogP contribution in [0.25, 0.3) is 27.6 Å². The van der Waals surface area contributed by atoms with E-state index in [9.17, 15) is 9.59 Å². The fraction of sp³-hybridized carbons (Fsp3) is 0.115. The molecule has 0 aliphatic carbocycles. The van der Waals surface area contributed by atoms with Gasteiger partial charge in [-0.05, 0) is 61.4 Å². The van der Waals surface area contributed by atoms with Gasteiger partial charge in [0.25, 0.3) is 5.56 Å². The zero-order valence-corrected chi connectivity index (χ0v) is 19.6. The van der Waals surface area contributed by atoms with E-state index in [1.165, 1.54) is 11.8 Å². The van der Waals surface area contributed by atoms with Gasteiger partial charge in [-0.25, -0.2) is 4.98 Å². The van der Waals surface area contributed by atoms with Crippen LogP contribution in [0.4, 0.5) is 0 Å². The number of ketones is 1. The zero-order valence-electron chi connectivity index (χ0n) is 18.1. The minimum atomic E-state index is -0.189. The molecule has 0 unspecified atom stereocenters. The summed E-state index contributed by atoms with van der Waals surface area (Å²) in [6, 6.07) is 20.4. The highest BCUT2D eigenvalue weighted by molar-refractivity contribution is 7.99. The Morgan fingerprint density at radius 3 is 2.58 bits per heavy atom. The Hall–Kier alpha value is -3.35. The van der Waals surface area contributed by atoms with Crippen molar-refractivity contribution in [3.63, 3.8) is 0 Å². The number of fused-ring (bicyclic) bond motifs is 3. The number of carbonyl (C=O) groups is 1. The van der Waals surface area contributed by atoms with E-state index in [1.807, 2.05) is 56.3 Å². The van der Waals surface area contributed by atoms with Gasteiger partial charge < -0.3 is 4.98 Å². The summed E-state index contributed by atoms with van der Waals surface area (Å²) in [5, 5.41) is 1.94. The van der Waals surface area contributed by atoms with Crippen molar-refractivity contribution in [3.8, 4) is 5.69 Å². The molecule has 0 bridgehead atoms. The molecule has 0 aliphatic heterocycles. The van der Waals surface area contributed by atoms with E-state index in [-0.39, 0.29) is 17.1 Å². The molecule has 0 saturated carbocycles. The van der Waals surface area contributed by atoms with Crippen LogP contribution in [0.2, 0.25) is 5.02 Å². The molecular formula is C26H20ClN3O2S. The number of hydrogen-bond acceptors (Lipinski definition) is 4. The van der Waals surface area contributed by atoms with Crippen molar-refractivity contribution < 1.29 is 4.79 Å². The maximum Gasteiger partial charge on any atom is 0.283 e. The summed E-state index contributed by atoms with van der Waals surface area (Å²) in [5.74, 6) is 0.0877. The van der Waals surface area contributed by atoms with Crippen LogP contribution < -0.4 is 5.56 Å². The first-order chi connectivity index (χ1) is 15.9. The monoisotopic (exact) mass is 473 g/mol. The maximum absolute atomic E-state index is 13.7. The first-order valence-corrected chi connectivity index (χ1v) is 11.8. The largest absolute Gasteiger partial charge is 0.349 e. The van der Waals surface area contributed by atoms with Crippen LogP contribution in [-0.4, -0.2) is 26.1 Å². The van der Waals surface area contributed by atoms with Crippen LogP contribution in [0.3, 0.4) is 0 Å². The highest BCUT2D eigenvalue weighted by atomic mass is 35.5. The number of aryl methyl sites for hydroxylation is 1. The molecule has 0 saturated heterocycles. The van der Waals surface area contributed by atoms with Crippen molar-refractivity contribution in [2.75, 3.05) is 5.75 Å². The standard InChI is InChI=1S/C26H20ClN3O2S/c1-15-6-5-9-21(16(15)2)30-25(32)24-23(19-7-3-4-8-20(19)28-24)29-26(30)33-14-22(31)17-10-12-18(27)13-11-17/h3-13,28H,14H2,1-2H3. The number of rotatable bonds is 5. The van der Waals surface area contributed by atoms with Crippen molar-refractivity contribution in [1.29, 1.82) is 0 Å². The van der Waals surface area contributed by atoms with Gasteiger partial charge >= 0.3 is 0 Å². The van der Waals surface area contributed by atoms with Gasteiger partial charge in [-0.3, -0.25) is 14.2 Å². The minimum absolute atomic E-state index is 0.0579. The second-order valence-electron chi connectivity index (χ2n) is 7.87. The third-order valence-electron chi connectivity index (χ3n) is 5.81. The van der Waals surface area contributed by atoms with Gasteiger partial charge in [0.15, 0.2) is 10.9 Å². The highest BCUT2D eigenvalue weighted by Crippen LogP contribution is 2.28. The number of nitrogens with one attached hydrogen (secondary N) is 1. The summed E-state index contributed by atoms with van der Waals surface area (Å²) in [6.45, 7) is 4.00. The number of nitrogens with zero attached hydrogens (tertiary/aromatic N) is 2. The summed E-state index contributed by atoms with van der Waals surface area (Å²) in [5.41, 5.74) is 5.11. The number of benzene rings is 3. The smallest absolute Gasteiger partial charge is 0.283 e. The van der Waals surface area contributed by atoms with Crippen molar-refractivity contribution >= 4 is 51.1 Å². The molecule has 164 valence electrons. The third kappa shape index (κ3) is 3.86. The van der Waals surface area contributed by atoms with Crippen LogP contribution in [0.15, 0.2) is 76.7 Å². The van der Waals surface area contributed by atoms with Gasteiger partial charge in [0, 0.05) is 21.5 Å². The number of Topliss-reactive ketones (excluding diaryl/α,β-unsaturated/α-hetero) is 1. The molecule has 2 heterocycles. The van der Waals surface area contributed by atoms with Crippen LogP contribution in [0.1, 0.15) is 21.5 Å². The fourth-order valence-corrected chi connectivity index (χ4v) is 4.90. The number of halogens is 1. The number of aromatic amines is 1. The number of aromatic nitrogens is 3. The Bertz CT molecular complexity index is 1590. The molecular weight excluding hydrogens is 454 g/mol. The van der Waals surface area contributed by atoms with E-state index in [0.717, 1.165) is 27.7 Å². The molecule has 0 atom stereocenters. The lowest BCUT2D eigenvalue weighted by Gasteiger charge is -2.15. The predicted molar refractivity (Wildman–Crippen MR) is 135 cm³/mol. The molecule has 5 rings (SSSR count). The van der Waals surface area contributed by atoms with E-state index in [0.29, 0.717) is 26.8 Å². The number of H-pyrrole nitrogens is 1. The maximum atomic E-state index is 13.7. The van der Waals surface area contributed by atoms with Gasteiger partial charge in [0.05, 0.1) is 11.4 Å². The Balaban J connectivity index is 1.67. The average molecular weight is 474 g/mol. The summed E-state index contributed by atoms with van der Waals surface area (Å²) in [6.07, 6.45) is 0. The summed E-state index contributed by atoms with van der Waals surface area (Å²) < 4.78 is 1.61. The lowest BCUT2D eigenvalue weighted by atomic mass is 10.1. The van der Waals surface area contributed by atoms with E-state index in [4.69, 9.17) is 16.6 Å². The number of thioether (sulfide) groups is 1. The quantitative estimate of drug-likeness (QED) is 0.190. The Morgan fingerprint density at radius 2 is 1.79 bits per heavy atom. The first-order valence-electron chi connectivity index (χ1n) is 10.5. The van der Waals surface area contributed by atoms with Crippen LogP contribution >= 0.6 is 23.4 Å². The van der Waals surface area contributed by atoms with Gasteiger partial charge in [-0.2, -0.15) is 0 Å². The average Bonchev–Trinajstić information content (AvgIpc) is 3.19. The second kappa shape index (κ2) is 8.54. The summed E-state index contributed by atoms with van der Waals surface area (Å²) >= 11 is 7.21. The van der Waals surface area contributed by atoms with Gasteiger partial charge in [-0.1, -0.05) is 53.7 Å². The number of para-hydroxylation sites is 1. The van der Waals surface area contributed by atoms with E-state index in [1.54, 1.807) is 28.8 Å². The molecule has 0 spiro atoms. The van der Waals surface area contributed by atoms with Crippen molar-refractivity contribution in [3.05, 3.63) is 98.8 Å². The molecule has 0 fully saturated rings. The summed E-state index contributed by atoms with van der Waals surface area (Å²) in [4.78, 5) is 34.6. The molecule has 5 aromatic rings. The van der Waals surface area contributed by atoms with Crippen molar-refractivity contribution in [1.82, 2.24) is 14.5 Å². The molecule has 3 aromatic carbocycles. The molecule has 0 radical (unpaired) electrons. The molecule has 33 heavy (non-hydrogen) atoms. The zero-order chi connectivity index (χ0) is 23.1. The summed E-state index contributed by atoms with van der Waals surface area (Å²) in [7, 11) is 0. The lowest BCUT2D eigenvalue weighted by Crippen LogP contribution is -2.23. The van der Waals surface area contributed by atoms with E-state index >= 15 is 0 Å². The van der Waals surface area contributed by atoms with Crippen LogP contribution in [-0.2, 0) is 0 Å².